The molecule has 0 spiro atoms. The Morgan fingerprint density at radius 3 is 2.58 bits per heavy atom. The van der Waals surface area contributed by atoms with E-state index in [4.69, 9.17) is 4.98 Å². The predicted molar refractivity (Wildman–Crippen MR) is 123 cm³/mol. The molecule has 7 heteroatoms. The molecule has 0 fully saturated rings. The summed E-state index contributed by atoms with van der Waals surface area (Å²) in [7, 11) is 0. The van der Waals surface area contributed by atoms with E-state index in [1.54, 1.807) is 0 Å². The van der Waals surface area contributed by atoms with Gasteiger partial charge in [-0.2, -0.15) is 0 Å². The van der Waals surface area contributed by atoms with Gasteiger partial charge in [0.2, 0.25) is 5.91 Å². The number of carbonyl (C=O) groups is 1. The highest BCUT2D eigenvalue weighted by Gasteiger charge is 2.26. The smallest absolute Gasteiger partial charge is 0.233 e. The van der Waals surface area contributed by atoms with Crippen LogP contribution in [0.1, 0.15) is 37.7 Å². The van der Waals surface area contributed by atoms with Crippen LogP contribution in [-0.4, -0.2) is 42.7 Å². The quantitative estimate of drug-likeness (QED) is 0.454. The van der Waals surface area contributed by atoms with Crippen LogP contribution in [0.5, 0.6) is 0 Å². The zero-order valence-electron chi connectivity index (χ0n) is 18.0. The Morgan fingerprint density at radius 2 is 1.77 bits per heavy atom. The molecule has 6 nitrogen and oxygen atoms in total. The molecule has 3 heterocycles. The second-order valence-electron chi connectivity index (χ2n) is 8.97. The van der Waals surface area contributed by atoms with Crippen molar-refractivity contribution in [2.75, 3.05) is 12.3 Å². The van der Waals surface area contributed by atoms with Crippen molar-refractivity contribution in [3.8, 4) is 0 Å². The van der Waals surface area contributed by atoms with Gasteiger partial charge in [-0.1, -0.05) is 68.9 Å². The number of nitrogens with zero attached hydrogens (tertiary/aromatic N) is 5. The molecule has 1 aliphatic heterocycles. The Balaban J connectivity index is 1.43. The first-order valence-electron chi connectivity index (χ1n) is 10.5. The average Bonchev–Trinajstić information content (AvgIpc) is 3.20. The zero-order chi connectivity index (χ0) is 21.6. The standard InChI is InChI=1S/C24H25N5OS/c1-24(2,3)22-25-19-11-7-6-10-18(19)21-26-27-23(29(21)22)31-15-20(30)28-13-12-16-8-4-5-9-17(16)14-28/h4-11H,12-15H2,1-3H3. The molecule has 1 amide bonds. The van der Waals surface area contributed by atoms with Crippen molar-refractivity contribution in [3.63, 3.8) is 0 Å². The molecule has 2 aromatic heterocycles. The van der Waals surface area contributed by atoms with Gasteiger partial charge in [0.15, 0.2) is 10.8 Å². The number of hydrogen-bond acceptors (Lipinski definition) is 5. The van der Waals surface area contributed by atoms with Crippen molar-refractivity contribution < 1.29 is 4.79 Å². The molecule has 0 aliphatic carbocycles. The molecule has 1 aliphatic rings. The molecule has 2 aromatic carbocycles. The van der Waals surface area contributed by atoms with Gasteiger partial charge in [-0.05, 0) is 29.7 Å². The molecule has 0 saturated carbocycles. The summed E-state index contributed by atoms with van der Waals surface area (Å²) in [6.07, 6.45) is 0.907. The molecule has 0 radical (unpaired) electrons. The Hall–Kier alpha value is -2.93. The maximum atomic E-state index is 13.0. The van der Waals surface area contributed by atoms with Crippen LogP contribution in [0, 0.1) is 0 Å². The Morgan fingerprint density at radius 1 is 1.03 bits per heavy atom. The molecule has 0 bridgehead atoms. The fourth-order valence-corrected chi connectivity index (χ4v) is 4.92. The molecular formula is C24H25N5OS. The van der Waals surface area contributed by atoms with Crippen LogP contribution in [-0.2, 0) is 23.2 Å². The highest BCUT2D eigenvalue weighted by Crippen LogP contribution is 2.30. The van der Waals surface area contributed by atoms with E-state index in [1.807, 2.05) is 39.6 Å². The molecule has 158 valence electrons. The normalized spacial score (nSPS) is 14.2. The average molecular weight is 432 g/mol. The molecule has 4 aromatic rings. The van der Waals surface area contributed by atoms with Gasteiger partial charge in [-0.15, -0.1) is 10.2 Å². The van der Waals surface area contributed by atoms with Crippen LogP contribution in [0.3, 0.4) is 0 Å². The lowest BCUT2D eigenvalue weighted by Crippen LogP contribution is -2.37. The van der Waals surface area contributed by atoms with E-state index < -0.39 is 0 Å². The first-order chi connectivity index (χ1) is 14.9. The molecule has 31 heavy (non-hydrogen) atoms. The minimum atomic E-state index is -0.194. The van der Waals surface area contributed by atoms with Crippen LogP contribution >= 0.6 is 11.8 Å². The second-order valence-corrected chi connectivity index (χ2v) is 9.91. The number of thioether (sulfide) groups is 1. The summed E-state index contributed by atoms with van der Waals surface area (Å²) < 4.78 is 2.02. The Labute approximate surface area is 185 Å². The number of para-hydroxylation sites is 1. The van der Waals surface area contributed by atoms with Crippen LogP contribution in [0.4, 0.5) is 0 Å². The van der Waals surface area contributed by atoms with Gasteiger partial charge >= 0.3 is 0 Å². The Kier molecular flexibility index (Phi) is 4.93. The maximum absolute atomic E-state index is 13.0. The second kappa shape index (κ2) is 7.64. The SMILES string of the molecule is CC(C)(C)c1nc2ccccc2c2nnc(SCC(=O)N3CCc4ccccc4C3)n12. The maximum Gasteiger partial charge on any atom is 0.233 e. The summed E-state index contributed by atoms with van der Waals surface area (Å²) in [5, 5.41) is 10.6. The molecular weight excluding hydrogens is 406 g/mol. The number of fused-ring (bicyclic) bond motifs is 4. The zero-order valence-corrected chi connectivity index (χ0v) is 18.8. The minimum absolute atomic E-state index is 0.127. The highest BCUT2D eigenvalue weighted by atomic mass is 32.2. The van der Waals surface area contributed by atoms with Crippen LogP contribution in [0.25, 0.3) is 16.6 Å². The van der Waals surface area contributed by atoms with Gasteiger partial charge < -0.3 is 4.90 Å². The fraction of sp³-hybridized carbons (Fsp3) is 0.333. The van der Waals surface area contributed by atoms with Crippen molar-refractivity contribution in [2.24, 2.45) is 0 Å². The van der Waals surface area contributed by atoms with Gasteiger partial charge in [0, 0.05) is 23.9 Å². The molecule has 0 atom stereocenters. The lowest BCUT2D eigenvalue weighted by Gasteiger charge is -2.28. The van der Waals surface area contributed by atoms with Gasteiger partial charge in [-0.3, -0.25) is 9.20 Å². The van der Waals surface area contributed by atoms with Crippen LogP contribution < -0.4 is 0 Å². The third-order valence-electron chi connectivity index (χ3n) is 5.70. The van der Waals surface area contributed by atoms with Crippen molar-refractivity contribution in [1.29, 1.82) is 0 Å². The number of rotatable bonds is 3. The first-order valence-corrected chi connectivity index (χ1v) is 11.5. The van der Waals surface area contributed by atoms with Crippen molar-refractivity contribution in [3.05, 3.63) is 65.5 Å². The largest absolute Gasteiger partial charge is 0.337 e. The van der Waals surface area contributed by atoms with Gasteiger partial charge in [0.1, 0.15) is 5.82 Å². The number of carbonyl (C=O) groups excluding carboxylic acids is 1. The van der Waals surface area contributed by atoms with Gasteiger partial charge in [-0.25, -0.2) is 4.98 Å². The lowest BCUT2D eigenvalue weighted by molar-refractivity contribution is -0.129. The van der Waals surface area contributed by atoms with Crippen molar-refractivity contribution in [2.45, 2.75) is 44.3 Å². The third-order valence-corrected chi connectivity index (χ3v) is 6.61. The predicted octanol–water partition coefficient (Wildman–Crippen LogP) is 4.25. The number of hydrogen-bond donors (Lipinski definition) is 0. The number of benzene rings is 2. The fourth-order valence-electron chi connectivity index (χ4n) is 4.08. The van der Waals surface area contributed by atoms with Crippen molar-refractivity contribution in [1.82, 2.24) is 24.5 Å². The van der Waals surface area contributed by atoms with E-state index in [0.717, 1.165) is 35.3 Å². The summed E-state index contributed by atoms with van der Waals surface area (Å²) in [5.74, 6) is 1.36. The third kappa shape index (κ3) is 3.67. The van der Waals surface area contributed by atoms with Gasteiger partial charge in [0.25, 0.3) is 0 Å². The molecule has 5 rings (SSSR count). The van der Waals surface area contributed by atoms with E-state index in [2.05, 4.69) is 49.2 Å². The summed E-state index contributed by atoms with van der Waals surface area (Å²) in [6.45, 7) is 7.84. The van der Waals surface area contributed by atoms with E-state index in [0.29, 0.717) is 17.5 Å². The summed E-state index contributed by atoms with van der Waals surface area (Å²) >= 11 is 1.44. The van der Waals surface area contributed by atoms with Crippen LogP contribution in [0.15, 0.2) is 53.7 Å². The van der Waals surface area contributed by atoms with E-state index in [1.165, 1.54) is 22.9 Å². The summed E-state index contributed by atoms with van der Waals surface area (Å²) in [6, 6.07) is 16.4. The highest BCUT2D eigenvalue weighted by molar-refractivity contribution is 7.99. The lowest BCUT2D eigenvalue weighted by atomic mass is 9.95. The van der Waals surface area contributed by atoms with Crippen molar-refractivity contribution >= 4 is 34.2 Å². The Bertz CT molecular complexity index is 1290. The number of aromatic nitrogens is 4. The molecule has 0 saturated heterocycles. The van der Waals surface area contributed by atoms with E-state index in [-0.39, 0.29) is 11.3 Å². The molecule has 0 unspecified atom stereocenters. The summed E-state index contributed by atoms with van der Waals surface area (Å²) in [5.41, 5.74) is 4.09. The van der Waals surface area contributed by atoms with Gasteiger partial charge in [0.05, 0.1) is 11.3 Å². The van der Waals surface area contributed by atoms with E-state index in [9.17, 15) is 4.79 Å². The van der Waals surface area contributed by atoms with Crippen LogP contribution in [0.2, 0.25) is 0 Å². The molecule has 0 N–H and O–H groups in total. The van der Waals surface area contributed by atoms with E-state index >= 15 is 0 Å². The monoisotopic (exact) mass is 431 g/mol. The topological polar surface area (TPSA) is 63.4 Å². The summed E-state index contributed by atoms with van der Waals surface area (Å²) in [4.78, 5) is 19.8. The minimum Gasteiger partial charge on any atom is -0.337 e. The number of amides is 1. The first kappa shape index (κ1) is 20.0.